The van der Waals surface area contributed by atoms with Crippen molar-refractivity contribution in [2.45, 2.75) is 75.5 Å². The van der Waals surface area contributed by atoms with E-state index in [1.807, 2.05) is 0 Å². The van der Waals surface area contributed by atoms with Gasteiger partial charge < -0.3 is 19.9 Å². The van der Waals surface area contributed by atoms with Gasteiger partial charge in [-0.2, -0.15) is 0 Å². The van der Waals surface area contributed by atoms with Crippen LogP contribution in [0.4, 0.5) is 13.6 Å². The van der Waals surface area contributed by atoms with E-state index in [0.29, 0.717) is 29.1 Å². The fourth-order valence-corrected chi connectivity index (χ4v) is 8.13. The van der Waals surface area contributed by atoms with E-state index in [0.717, 1.165) is 24.8 Å². The van der Waals surface area contributed by atoms with Gasteiger partial charge in [0.1, 0.15) is 16.9 Å². The Balaban J connectivity index is 1.41. The number of pyridine rings is 1. The molecule has 0 spiro atoms. The zero-order valence-electron chi connectivity index (χ0n) is 24.3. The monoisotopic (exact) mass is 614 g/mol. The fourth-order valence-electron chi connectivity index (χ4n) is 6.81. The number of alkyl carbamates (subject to hydrolysis) is 1. The van der Waals surface area contributed by atoms with Crippen molar-refractivity contribution in [1.29, 1.82) is 0 Å². The molecule has 4 aromatic rings. The number of nitrogens with zero attached hydrogens (tertiary/aromatic N) is 4. The van der Waals surface area contributed by atoms with E-state index in [1.54, 1.807) is 63.4 Å². The zero-order valence-corrected chi connectivity index (χ0v) is 25.2. The molecule has 13 heteroatoms. The predicted molar refractivity (Wildman–Crippen MR) is 158 cm³/mol. The topological polar surface area (TPSA) is 120 Å². The molecule has 3 heterocycles. The lowest BCUT2D eigenvalue weighted by atomic mass is 9.90. The Labute approximate surface area is 248 Å². The van der Waals surface area contributed by atoms with Crippen LogP contribution in [-0.2, 0) is 21.2 Å². The average molecular weight is 615 g/mol. The molecule has 2 aliphatic carbocycles. The molecule has 2 aliphatic rings. The number of hydrogen-bond donors (Lipinski definition) is 2. The number of ether oxygens (including phenoxy) is 1. The first kappa shape index (κ1) is 29.5. The van der Waals surface area contributed by atoms with Gasteiger partial charge in [-0.25, -0.2) is 35.9 Å². The molecule has 0 radical (unpaired) electrons. The number of carbonyl (C=O) groups is 1. The number of imidazole rings is 1. The molecule has 2 fully saturated rings. The van der Waals surface area contributed by atoms with Gasteiger partial charge in [-0.1, -0.05) is 18.2 Å². The molecule has 1 amide bonds. The van der Waals surface area contributed by atoms with Crippen molar-refractivity contribution in [3.05, 3.63) is 54.6 Å². The Kier molecular flexibility index (Phi) is 7.66. The Hall–Kier alpha value is -3.58. The van der Waals surface area contributed by atoms with Gasteiger partial charge in [-0.3, -0.25) is 0 Å². The second-order valence-corrected chi connectivity index (χ2v) is 14.3. The van der Waals surface area contributed by atoms with Crippen LogP contribution in [0.25, 0.3) is 22.1 Å². The second-order valence-electron chi connectivity index (χ2n) is 12.4. The highest BCUT2D eigenvalue weighted by Crippen LogP contribution is 2.52. The van der Waals surface area contributed by atoms with Crippen LogP contribution < -0.4 is 10.6 Å². The highest BCUT2D eigenvalue weighted by atomic mass is 32.2. The van der Waals surface area contributed by atoms with Gasteiger partial charge in [0.25, 0.3) is 16.4 Å². The average Bonchev–Trinajstić information content (AvgIpc) is 3.72. The summed E-state index contributed by atoms with van der Waals surface area (Å²) in [4.78, 5) is 21.9. The molecule has 1 aromatic carbocycles. The molecular formula is C30H36F2N6O4S. The van der Waals surface area contributed by atoms with Crippen LogP contribution in [0.3, 0.4) is 0 Å². The van der Waals surface area contributed by atoms with Crippen LogP contribution in [0, 0.1) is 11.8 Å². The van der Waals surface area contributed by atoms with Crippen molar-refractivity contribution in [2.24, 2.45) is 11.8 Å². The van der Waals surface area contributed by atoms with Gasteiger partial charge in [-0.05, 0) is 70.1 Å². The molecule has 0 saturated heterocycles. The number of aromatic nitrogens is 4. The van der Waals surface area contributed by atoms with Gasteiger partial charge in [0.15, 0.2) is 5.65 Å². The van der Waals surface area contributed by atoms with E-state index in [-0.39, 0.29) is 41.6 Å². The van der Waals surface area contributed by atoms with Crippen molar-refractivity contribution in [3.63, 3.8) is 0 Å². The first-order chi connectivity index (χ1) is 20.4. The van der Waals surface area contributed by atoms with Gasteiger partial charge in [0.2, 0.25) is 0 Å². The quantitative estimate of drug-likeness (QED) is 0.276. The number of rotatable bonds is 9. The summed E-state index contributed by atoms with van der Waals surface area (Å²) in [7, 11) is -3.91. The van der Waals surface area contributed by atoms with Crippen LogP contribution in [0.2, 0.25) is 0 Å². The number of carbonyl (C=O) groups excluding carboxylic acids is 1. The number of amides is 1. The van der Waals surface area contributed by atoms with Crippen LogP contribution in [0.15, 0.2) is 53.7 Å². The Bertz CT molecular complexity index is 1750. The van der Waals surface area contributed by atoms with Crippen molar-refractivity contribution in [2.75, 3.05) is 13.1 Å². The molecule has 6 rings (SSSR count). The third-order valence-corrected chi connectivity index (χ3v) is 10.0. The molecule has 0 aliphatic heterocycles. The molecule has 230 valence electrons. The van der Waals surface area contributed by atoms with E-state index < -0.39 is 28.1 Å². The number of benzene rings is 1. The minimum Gasteiger partial charge on any atom is -0.444 e. The molecule has 2 bridgehead atoms. The molecule has 2 saturated carbocycles. The molecule has 43 heavy (non-hydrogen) atoms. The molecule has 2 N–H and O–H groups in total. The van der Waals surface area contributed by atoms with Crippen LogP contribution in [-0.4, -0.2) is 64.2 Å². The molecule has 4 atom stereocenters. The lowest BCUT2D eigenvalue weighted by Crippen LogP contribution is -2.41. The number of nitrogens with one attached hydrogen (secondary N) is 2. The lowest BCUT2D eigenvalue weighted by molar-refractivity contribution is 0.0528. The molecule has 3 aromatic heterocycles. The summed E-state index contributed by atoms with van der Waals surface area (Å²) in [6, 6.07) is 9.84. The van der Waals surface area contributed by atoms with Gasteiger partial charge in [0.05, 0.1) is 23.2 Å². The van der Waals surface area contributed by atoms with Gasteiger partial charge >= 0.3 is 6.09 Å². The minimum absolute atomic E-state index is 0.0323. The molecule has 0 unspecified atom stereocenters. The van der Waals surface area contributed by atoms with Gasteiger partial charge in [0, 0.05) is 36.6 Å². The molecular weight excluding hydrogens is 578 g/mol. The van der Waals surface area contributed by atoms with E-state index in [2.05, 4.69) is 20.2 Å². The summed E-state index contributed by atoms with van der Waals surface area (Å²) < 4.78 is 62.0. The maximum Gasteiger partial charge on any atom is 0.407 e. The van der Waals surface area contributed by atoms with E-state index in [9.17, 15) is 22.0 Å². The predicted octanol–water partition coefficient (Wildman–Crippen LogP) is 4.88. The van der Waals surface area contributed by atoms with Crippen LogP contribution >= 0.6 is 0 Å². The zero-order chi connectivity index (χ0) is 30.5. The van der Waals surface area contributed by atoms with Crippen LogP contribution in [0.1, 0.15) is 51.9 Å². The minimum atomic E-state index is -3.91. The lowest BCUT2D eigenvalue weighted by Gasteiger charge is -2.32. The summed E-state index contributed by atoms with van der Waals surface area (Å²) in [6.45, 7) is 5.30. The Morgan fingerprint density at radius 2 is 1.91 bits per heavy atom. The summed E-state index contributed by atoms with van der Waals surface area (Å²) in [6.07, 6.45) is 3.14. The van der Waals surface area contributed by atoms with Crippen molar-refractivity contribution >= 4 is 38.2 Å². The molecule has 10 nitrogen and oxygen atoms in total. The summed E-state index contributed by atoms with van der Waals surface area (Å²) in [5.41, 5.74) is 1.01. The third-order valence-electron chi connectivity index (χ3n) is 8.36. The SMILES string of the molecule is CC(C)(C)OC(=O)NCCc1nc2cnc3c(ccn3S(=O)(=O)c3ccccc3)c2n1[C@@H]1C[C@@H]2C[C@H]1[C@H](NCC(F)F)C2. The second kappa shape index (κ2) is 11.2. The number of alkyl halides is 2. The number of hydrogen-bond acceptors (Lipinski definition) is 7. The van der Waals surface area contributed by atoms with E-state index in [4.69, 9.17) is 9.72 Å². The van der Waals surface area contributed by atoms with Crippen molar-refractivity contribution < 1.29 is 26.7 Å². The third kappa shape index (κ3) is 5.72. The van der Waals surface area contributed by atoms with Crippen molar-refractivity contribution in [1.82, 2.24) is 29.1 Å². The van der Waals surface area contributed by atoms with E-state index >= 15 is 0 Å². The number of halogens is 2. The summed E-state index contributed by atoms with van der Waals surface area (Å²) >= 11 is 0. The van der Waals surface area contributed by atoms with Gasteiger partial charge in [-0.15, -0.1) is 0 Å². The first-order valence-corrected chi connectivity index (χ1v) is 16.0. The maximum absolute atomic E-state index is 13.5. The fraction of sp³-hybridized carbons (Fsp3) is 0.500. The Morgan fingerprint density at radius 1 is 1.14 bits per heavy atom. The van der Waals surface area contributed by atoms with E-state index in [1.165, 1.54) is 10.2 Å². The highest BCUT2D eigenvalue weighted by Gasteiger charge is 2.48. The maximum atomic E-state index is 13.5. The van der Waals surface area contributed by atoms with Crippen LogP contribution in [0.5, 0.6) is 0 Å². The largest absolute Gasteiger partial charge is 0.444 e. The summed E-state index contributed by atoms with van der Waals surface area (Å²) in [5.74, 6) is 1.21. The Morgan fingerprint density at radius 3 is 2.60 bits per heavy atom. The van der Waals surface area contributed by atoms with Crippen molar-refractivity contribution in [3.8, 4) is 0 Å². The standard InChI is InChI=1S/C30H36F2N6O4S/c1-30(2,3)42-29(39)33-11-9-26-36-23-16-35-28-20(10-12-37(28)43(40,41)19-7-5-4-6-8-19)27(23)38(26)24-15-18-13-21(24)22(14-18)34-17-25(31)32/h4-8,10,12,16,18,21-22,24-25,34H,9,11,13-15,17H2,1-3H3,(H,33,39)/t18-,21+,22-,24-/m1/s1. The number of fused-ring (bicyclic) bond motifs is 5. The normalized spacial score (nSPS) is 22.2. The highest BCUT2D eigenvalue weighted by molar-refractivity contribution is 7.90. The summed E-state index contributed by atoms with van der Waals surface area (Å²) in [5, 5.41) is 6.51. The smallest absolute Gasteiger partial charge is 0.407 e. The first-order valence-electron chi connectivity index (χ1n) is 14.6.